The third-order valence-corrected chi connectivity index (χ3v) is 11.1. The Kier molecular flexibility index (Phi) is 14.6. The van der Waals surface area contributed by atoms with Gasteiger partial charge >= 0.3 is 5.97 Å². The number of carbonyl (C=O) groups excluding carboxylic acids is 1. The molecule has 41 heavy (non-hydrogen) atoms. The van der Waals surface area contributed by atoms with Crippen molar-refractivity contribution in [3.05, 3.63) is 35.4 Å². The van der Waals surface area contributed by atoms with E-state index in [4.69, 9.17) is 9.47 Å². The first-order valence-corrected chi connectivity index (χ1v) is 18.0. The van der Waals surface area contributed by atoms with Gasteiger partial charge in [0.1, 0.15) is 0 Å². The van der Waals surface area contributed by atoms with Crippen LogP contribution in [0.5, 0.6) is 0 Å². The zero-order chi connectivity index (χ0) is 28.7. The van der Waals surface area contributed by atoms with E-state index in [1.165, 1.54) is 115 Å². The lowest BCUT2D eigenvalue weighted by Crippen LogP contribution is -2.21. The average Bonchev–Trinajstić information content (AvgIpc) is 3.02. The van der Waals surface area contributed by atoms with Crippen LogP contribution in [-0.4, -0.2) is 25.3 Å². The minimum absolute atomic E-state index is 0.172. The first-order chi connectivity index (χ1) is 20.1. The van der Waals surface area contributed by atoms with Gasteiger partial charge in [0.2, 0.25) is 0 Å². The zero-order valence-electron chi connectivity index (χ0n) is 26.8. The van der Waals surface area contributed by atoms with E-state index in [0.29, 0.717) is 24.2 Å². The molecule has 0 heterocycles. The largest absolute Gasteiger partial charge is 0.462 e. The van der Waals surface area contributed by atoms with Crippen molar-refractivity contribution in [3.63, 3.8) is 0 Å². The highest BCUT2D eigenvalue weighted by molar-refractivity contribution is 5.89. The fraction of sp³-hybridized carbons (Fsp3) is 0.816. The van der Waals surface area contributed by atoms with E-state index in [1.807, 2.05) is 12.1 Å². The van der Waals surface area contributed by atoms with Gasteiger partial charge in [-0.25, -0.2) is 4.79 Å². The first kappa shape index (κ1) is 32.6. The minimum atomic E-state index is -0.172. The van der Waals surface area contributed by atoms with Crippen LogP contribution < -0.4 is 0 Å². The number of rotatable bonds is 16. The molecule has 0 bridgehead atoms. The van der Waals surface area contributed by atoms with Crippen molar-refractivity contribution in [3.8, 4) is 0 Å². The minimum Gasteiger partial charge on any atom is -0.462 e. The van der Waals surface area contributed by atoms with E-state index >= 15 is 0 Å². The Balaban J connectivity index is 1.00. The lowest BCUT2D eigenvalue weighted by molar-refractivity contribution is 0.0155. The Morgan fingerprint density at radius 2 is 1.22 bits per heavy atom. The Hall–Kier alpha value is -1.35. The van der Waals surface area contributed by atoms with Gasteiger partial charge in [0.05, 0.1) is 18.3 Å². The quantitative estimate of drug-likeness (QED) is 0.147. The summed E-state index contributed by atoms with van der Waals surface area (Å²) in [6, 6.07) is 8.34. The molecule has 3 heteroatoms. The highest BCUT2D eigenvalue weighted by atomic mass is 16.5. The van der Waals surface area contributed by atoms with Gasteiger partial charge in [0.15, 0.2) is 0 Å². The van der Waals surface area contributed by atoms with E-state index in [1.54, 1.807) is 0 Å². The number of hydrogen-bond donors (Lipinski definition) is 0. The fourth-order valence-corrected chi connectivity index (χ4v) is 7.92. The van der Waals surface area contributed by atoms with Crippen LogP contribution in [0, 0.1) is 23.7 Å². The maximum absolute atomic E-state index is 12.5. The molecular formula is C38H62O3. The van der Waals surface area contributed by atoms with Gasteiger partial charge < -0.3 is 9.47 Å². The van der Waals surface area contributed by atoms with E-state index in [2.05, 4.69) is 26.0 Å². The molecule has 232 valence electrons. The van der Waals surface area contributed by atoms with Crippen LogP contribution in [0.25, 0.3) is 0 Å². The van der Waals surface area contributed by atoms with Crippen molar-refractivity contribution in [1.29, 1.82) is 0 Å². The summed E-state index contributed by atoms with van der Waals surface area (Å²) in [5.74, 6) is 4.36. The number of hydrogen-bond acceptors (Lipinski definition) is 3. The van der Waals surface area contributed by atoms with E-state index in [0.717, 1.165) is 56.0 Å². The molecule has 1 aromatic carbocycles. The predicted octanol–water partition coefficient (Wildman–Crippen LogP) is 11.0. The predicted molar refractivity (Wildman–Crippen MR) is 171 cm³/mol. The topological polar surface area (TPSA) is 35.5 Å². The molecule has 0 spiro atoms. The molecule has 0 unspecified atom stereocenters. The Morgan fingerprint density at radius 3 is 1.83 bits per heavy atom. The fourth-order valence-electron chi connectivity index (χ4n) is 7.92. The van der Waals surface area contributed by atoms with E-state index < -0.39 is 0 Å². The summed E-state index contributed by atoms with van der Waals surface area (Å²) in [4.78, 5) is 12.5. The van der Waals surface area contributed by atoms with Crippen molar-refractivity contribution >= 4 is 5.97 Å². The van der Waals surface area contributed by atoms with Gasteiger partial charge in [-0.05, 0) is 118 Å². The number of unbranched alkanes of at least 4 members (excludes halogenated alkanes) is 4. The van der Waals surface area contributed by atoms with Crippen LogP contribution >= 0.6 is 0 Å². The molecule has 3 nitrogen and oxygen atoms in total. The van der Waals surface area contributed by atoms with Gasteiger partial charge in [-0.15, -0.1) is 0 Å². The number of esters is 1. The summed E-state index contributed by atoms with van der Waals surface area (Å²) in [5.41, 5.74) is 2.10. The monoisotopic (exact) mass is 566 g/mol. The lowest BCUT2D eigenvalue weighted by Gasteiger charge is -2.29. The summed E-state index contributed by atoms with van der Waals surface area (Å²) < 4.78 is 11.7. The van der Waals surface area contributed by atoms with Crippen molar-refractivity contribution < 1.29 is 14.3 Å². The molecule has 0 atom stereocenters. The molecule has 0 N–H and O–H groups in total. The van der Waals surface area contributed by atoms with Crippen molar-refractivity contribution in [1.82, 2.24) is 0 Å². The smallest absolute Gasteiger partial charge is 0.338 e. The summed E-state index contributed by atoms with van der Waals surface area (Å²) >= 11 is 0. The van der Waals surface area contributed by atoms with Crippen molar-refractivity contribution in [2.75, 3.05) is 13.2 Å². The van der Waals surface area contributed by atoms with Crippen LogP contribution in [0.4, 0.5) is 0 Å². The second-order valence-electron chi connectivity index (χ2n) is 14.2. The van der Waals surface area contributed by atoms with Gasteiger partial charge in [-0.2, -0.15) is 0 Å². The first-order valence-electron chi connectivity index (χ1n) is 18.0. The van der Waals surface area contributed by atoms with E-state index in [9.17, 15) is 4.79 Å². The van der Waals surface area contributed by atoms with Crippen molar-refractivity contribution in [2.45, 2.75) is 161 Å². The molecule has 3 fully saturated rings. The van der Waals surface area contributed by atoms with Gasteiger partial charge in [0.25, 0.3) is 0 Å². The van der Waals surface area contributed by atoms with Crippen LogP contribution in [0.15, 0.2) is 24.3 Å². The maximum atomic E-state index is 12.5. The summed E-state index contributed by atoms with van der Waals surface area (Å²) in [5, 5.41) is 0. The van der Waals surface area contributed by atoms with Crippen LogP contribution in [0.3, 0.4) is 0 Å². The standard InChI is InChI=1S/C38H62O3/c1-3-31-18-26-37(27-19-31)40-28-8-4-5-9-29-41-38(39)36-24-22-35(23-25-36)34-20-16-33(17-21-34)11-7-6-10-32-14-12-30(2)13-15-32/h22-25,30-34,37H,3-21,26-29H2,1-2H3. The lowest BCUT2D eigenvalue weighted by atomic mass is 9.76. The van der Waals surface area contributed by atoms with Crippen LogP contribution in [0.1, 0.15) is 171 Å². The molecule has 1 aromatic rings. The molecule has 0 aromatic heterocycles. The Morgan fingerprint density at radius 1 is 0.659 bits per heavy atom. The molecule has 3 aliphatic carbocycles. The Bertz CT molecular complexity index is 824. The normalized spacial score (nSPS) is 28.8. The van der Waals surface area contributed by atoms with Gasteiger partial charge in [-0.3, -0.25) is 0 Å². The van der Waals surface area contributed by atoms with Crippen LogP contribution in [0.2, 0.25) is 0 Å². The SMILES string of the molecule is CCC1CCC(OCCCCCCOC(=O)c2ccc(C3CCC(CCCCC4CCC(C)CC4)CC3)cc2)CC1. The molecule has 4 rings (SSSR count). The molecule has 0 radical (unpaired) electrons. The third kappa shape index (κ3) is 11.7. The summed E-state index contributed by atoms with van der Waals surface area (Å²) in [6.45, 7) is 6.14. The third-order valence-electron chi connectivity index (χ3n) is 11.1. The highest BCUT2D eigenvalue weighted by Gasteiger charge is 2.23. The zero-order valence-corrected chi connectivity index (χ0v) is 26.8. The maximum Gasteiger partial charge on any atom is 0.338 e. The van der Waals surface area contributed by atoms with E-state index in [-0.39, 0.29) is 5.97 Å². The average molecular weight is 567 g/mol. The number of ether oxygens (including phenoxy) is 2. The molecule has 0 aliphatic heterocycles. The van der Waals surface area contributed by atoms with Crippen LogP contribution in [-0.2, 0) is 9.47 Å². The van der Waals surface area contributed by atoms with Gasteiger partial charge in [0, 0.05) is 6.61 Å². The number of carbonyl (C=O) groups is 1. The molecule has 0 saturated heterocycles. The molecular weight excluding hydrogens is 504 g/mol. The summed E-state index contributed by atoms with van der Waals surface area (Å²) in [6.07, 6.45) is 28.4. The second kappa shape index (κ2) is 18.3. The summed E-state index contributed by atoms with van der Waals surface area (Å²) in [7, 11) is 0. The Labute approximate surface area is 252 Å². The molecule has 0 amide bonds. The number of benzene rings is 1. The van der Waals surface area contributed by atoms with Crippen molar-refractivity contribution in [2.24, 2.45) is 23.7 Å². The van der Waals surface area contributed by atoms with Gasteiger partial charge in [-0.1, -0.05) is 90.2 Å². The molecule has 3 aliphatic rings. The molecule has 3 saturated carbocycles. The second-order valence-corrected chi connectivity index (χ2v) is 14.2. The highest BCUT2D eigenvalue weighted by Crippen LogP contribution is 2.38.